The summed E-state index contributed by atoms with van der Waals surface area (Å²) in [6, 6.07) is 19.7. The molecule has 2 unspecified atom stereocenters. The molecule has 17 heavy (non-hydrogen) atoms. The molecule has 1 saturated carbocycles. The van der Waals surface area contributed by atoms with E-state index in [0.29, 0.717) is 5.92 Å². The maximum Gasteiger partial charge on any atom is 0.0175 e. The van der Waals surface area contributed by atoms with Gasteiger partial charge in [-0.2, -0.15) is 0 Å². The predicted octanol–water partition coefficient (Wildman–Crippen LogP) is 5.11. The Morgan fingerprint density at radius 2 is 1.24 bits per heavy atom. The minimum Gasteiger partial charge on any atom is -0.0622 e. The maximum atomic E-state index is 3.49. The van der Waals surface area contributed by atoms with Crippen LogP contribution in [0.4, 0.5) is 0 Å². The van der Waals surface area contributed by atoms with Gasteiger partial charge in [0.15, 0.2) is 0 Å². The van der Waals surface area contributed by atoms with E-state index in [1.165, 1.54) is 24.0 Å². The summed E-state index contributed by atoms with van der Waals surface area (Å²) in [7, 11) is 0. The molecule has 0 aromatic heterocycles. The summed E-state index contributed by atoms with van der Waals surface area (Å²) in [6.45, 7) is 0. The zero-order chi connectivity index (χ0) is 11.7. The van der Waals surface area contributed by atoms with Crippen LogP contribution < -0.4 is 0 Å². The number of benzene rings is 2. The Balaban J connectivity index is 1.84. The Kier molecular flexibility index (Phi) is 3.02. The fraction of sp³-hybridized carbons (Fsp3) is 0.250. The summed E-state index contributed by atoms with van der Waals surface area (Å²) in [5, 5.41) is 0. The van der Waals surface area contributed by atoms with Crippen molar-refractivity contribution >= 4 is 15.9 Å². The average molecular weight is 287 g/mol. The first-order valence-corrected chi connectivity index (χ1v) is 6.94. The monoisotopic (exact) mass is 286 g/mol. The summed E-state index contributed by atoms with van der Waals surface area (Å²) in [5.41, 5.74) is 2.97. The van der Waals surface area contributed by atoms with E-state index in [9.17, 15) is 0 Å². The first kappa shape index (κ1) is 11.0. The van der Waals surface area contributed by atoms with Gasteiger partial charge in [0.05, 0.1) is 0 Å². The van der Waals surface area contributed by atoms with Gasteiger partial charge in [0.2, 0.25) is 0 Å². The first-order chi connectivity index (χ1) is 8.34. The summed E-state index contributed by atoms with van der Waals surface area (Å²) >= 11 is 3.49. The molecule has 2 aromatic rings. The fourth-order valence-electron chi connectivity index (χ4n) is 2.71. The third-order valence-electron chi connectivity index (χ3n) is 3.80. The average Bonchev–Trinajstić information content (AvgIpc) is 2.32. The van der Waals surface area contributed by atoms with Crippen molar-refractivity contribution in [3.63, 3.8) is 0 Å². The van der Waals surface area contributed by atoms with Crippen LogP contribution in [0.5, 0.6) is 0 Å². The lowest BCUT2D eigenvalue weighted by Gasteiger charge is -2.37. The molecule has 1 aliphatic carbocycles. The highest BCUT2D eigenvalue weighted by Gasteiger charge is 2.32. The van der Waals surface area contributed by atoms with Crippen molar-refractivity contribution in [1.82, 2.24) is 0 Å². The molecule has 0 spiro atoms. The van der Waals surface area contributed by atoms with Crippen LogP contribution in [-0.2, 0) is 0 Å². The van der Waals surface area contributed by atoms with Crippen LogP contribution in [0.3, 0.4) is 0 Å². The van der Waals surface area contributed by atoms with Crippen molar-refractivity contribution in [2.24, 2.45) is 0 Å². The van der Waals surface area contributed by atoms with Gasteiger partial charge in [-0.1, -0.05) is 58.4 Å². The van der Waals surface area contributed by atoms with E-state index in [-0.39, 0.29) is 0 Å². The summed E-state index contributed by atoms with van der Waals surface area (Å²) in [5.74, 6) is 1.43. The van der Waals surface area contributed by atoms with E-state index in [0.717, 1.165) is 10.4 Å². The van der Waals surface area contributed by atoms with Gasteiger partial charge in [-0.15, -0.1) is 0 Å². The standard InChI is InChI=1S/C16H15Br/c17-14-8-6-13(7-9-14)16-11-10-15(16)12-4-2-1-3-5-12/h1-9,15-16H,10-11H2. The molecule has 1 heteroatoms. The zero-order valence-electron chi connectivity index (χ0n) is 9.64. The highest BCUT2D eigenvalue weighted by molar-refractivity contribution is 9.10. The topological polar surface area (TPSA) is 0 Å². The molecule has 3 rings (SSSR count). The van der Waals surface area contributed by atoms with Crippen LogP contribution in [0.2, 0.25) is 0 Å². The lowest BCUT2D eigenvalue weighted by atomic mass is 9.67. The molecule has 1 aliphatic rings. The summed E-state index contributed by atoms with van der Waals surface area (Å²) in [4.78, 5) is 0. The van der Waals surface area contributed by atoms with Crippen LogP contribution in [0.1, 0.15) is 35.8 Å². The number of rotatable bonds is 2. The van der Waals surface area contributed by atoms with Crippen LogP contribution in [-0.4, -0.2) is 0 Å². The van der Waals surface area contributed by atoms with E-state index in [1.807, 2.05) is 0 Å². The van der Waals surface area contributed by atoms with E-state index in [2.05, 4.69) is 70.5 Å². The molecule has 0 amide bonds. The number of halogens is 1. The van der Waals surface area contributed by atoms with E-state index in [1.54, 1.807) is 0 Å². The first-order valence-electron chi connectivity index (χ1n) is 6.15. The van der Waals surface area contributed by atoms with Crippen molar-refractivity contribution in [2.45, 2.75) is 24.7 Å². The second kappa shape index (κ2) is 4.66. The van der Waals surface area contributed by atoms with Crippen molar-refractivity contribution in [3.8, 4) is 0 Å². The molecular formula is C16H15Br. The Morgan fingerprint density at radius 3 is 1.76 bits per heavy atom. The van der Waals surface area contributed by atoms with Gasteiger partial charge < -0.3 is 0 Å². The molecule has 86 valence electrons. The second-order valence-electron chi connectivity index (χ2n) is 4.75. The van der Waals surface area contributed by atoms with Crippen molar-refractivity contribution in [3.05, 3.63) is 70.2 Å². The van der Waals surface area contributed by atoms with E-state index >= 15 is 0 Å². The third-order valence-corrected chi connectivity index (χ3v) is 4.33. The molecule has 1 fully saturated rings. The SMILES string of the molecule is Brc1ccc(C2CCC2c2ccccc2)cc1. The summed E-state index contributed by atoms with van der Waals surface area (Å²) in [6.07, 6.45) is 2.64. The molecule has 0 heterocycles. The second-order valence-corrected chi connectivity index (χ2v) is 5.67. The fourth-order valence-corrected chi connectivity index (χ4v) is 2.97. The Bertz CT molecular complexity index is 487. The van der Waals surface area contributed by atoms with Gasteiger partial charge in [0, 0.05) is 4.47 Å². The van der Waals surface area contributed by atoms with Gasteiger partial charge in [0.1, 0.15) is 0 Å². The quantitative estimate of drug-likeness (QED) is 0.720. The Morgan fingerprint density at radius 1 is 0.706 bits per heavy atom. The lowest BCUT2D eigenvalue weighted by molar-refractivity contribution is 0.346. The minimum absolute atomic E-state index is 0.713. The molecule has 2 atom stereocenters. The highest BCUT2D eigenvalue weighted by Crippen LogP contribution is 2.48. The third kappa shape index (κ3) is 2.16. The normalized spacial score (nSPS) is 23.1. The smallest absolute Gasteiger partial charge is 0.0175 e. The van der Waals surface area contributed by atoms with Gasteiger partial charge >= 0.3 is 0 Å². The molecular weight excluding hydrogens is 272 g/mol. The van der Waals surface area contributed by atoms with E-state index in [4.69, 9.17) is 0 Å². The van der Waals surface area contributed by atoms with Crippen molar-refractivity contribution in [1.29, 1.82) is 0 Å². The Hall–Kier alpha value is -1.08. The van der Waals surface area contributed by atoms with Gasteiger partial charge in [0.25, 0.3) is 0 Å². The largest absolute Gasteiger partial charge is 0.0622 e. The van der Waals surface area contributed by atoms with Crippen LogP contribution in [0.25, 0.3) is 0 Å². The number of hydrogen-bond donors (Lipinski definition) is 0. The van der Waals surface area contributed by atoms with E-state index < -0.39 is 0 Å². The number of hydrogen-bond acceptors (Lipinski definition) is 0. The van der Waals surface area contributed by atoms with Gasteiger partial charge in [-0.05, 0) is 47.9 Å². The maximum absolute atomic E-state index is 3.49. The molecule has 0 bridgehead atoms. The molecule has 0 aliphatic heterocycles. The van der Waals surface area contributed by atoms with Crippen molar-refractivity contribution in [2.75, 3.05) is 0 Å². The molecule has 0 N–H and O–H groups in total. The highest BCUT2D eigenvalue weighted by atomic mass is 79.9. The lowest BCUT2D eigenvalue weighted by Crippen LogP contribution is -2.21. The molecule has 0 saturated heterocycles. The minimum atomic E-state index is 0.713. The summed E-state index contributed by atoms with van der Waals surface area (Å²) < 4.78 is 1.16. The molecule has 0 nitrogen and oxygen atoms in total. The van der Waals surface area contributed by atoms with Gasteiger partial charge in [-0.3, -0.25) is 0 Å². The van der Waals surface area contributed by atoms with Crippen LogP contribution >= 0.6 is 15.9 Å². The van der Waals surface area contributed by atoms with Crippen molar-refractivity contribution < 1.29 is 0 Å². The van der Waals surface area contributed by atoms with Gasteiger partial charge in [-0.25, -0.2) is 0 Å². The predicted molar refractivity (Wildman–Crippen MR) is 75.3 cm³/mol. The van der Waals surface area contributed by atoms with Crippen LogP contribution in [0.15, 0.2) is 59.1 Å². The zero-order valence-corrected chi connectivity index (χ0v) is 11.2. The Labute approximate surface area is 111 Å². The molecule has 2 aromatic carbocycles. The molecule has 0 radical (unpaired) electrons. The van der Waals surface area contributed by atoms with Crippen LogP contribution in [0, 0.1) is 0 Å².